The summed E-state index contributed by atoms with van der Waals surface area (Å²) in [6.07, 6.45) is 1.54. The minimum atomic E-state index is -3.63. The van der Waals surface area contributed by atoms with E-state index in [4.69, 9.17) is 9.52 Å². The van der Waals surface area contributed by atoms with Gasteiger partial charge in [0.1, 0.15) is 23.0 Å². The van der Waals surface area contributed by atoms with Crippen molar-refractivity contribution >= 4 is 10.0 Å². The molecule has 1 rings (SSSR count). The van der Waals surface area contributed by atoms with Crippen molar-refractivity contribution in [3.8, 4) is 0 Å². The Kier molecular flexibility index (Phi) is 4.72. The zero-order valence-electron chi connectivity index (χ0n) is 10.9. The van der Waals surface area contributed by atoms with Crippen LogP contribution >= 0.6 is 0 Å². The normalized spacial score (nSPS) is 12.3. The lowest BCUT2D eigenvalue weighted by atomic mass is 10.4. The molecule has 0 unspecified atom stereocenters. The van der Waals surface area contributed by atoms with Crippen LogP contribution in [0.3, 0.4) is 0 Å². The van der Waals surface area contributed by atoms with Gasteiger partial charge in [0, 0.05) is 18.7 Å². The molecule has 0 aliphatic rings. The van der Waals surface area contributed by atoms with Crippen molar-refractivity contribution in [1.82, 2.24) is 4.31 Å². The van der Waals surface area contributed by atoms with Gasteiger partial charge >= 0.3 is 0 Å². The van der Waals surface area contributed by atoms with Crippen LogP contribution in [0.15, 0.2) is 28.0 Å². The molecule has 0 saturated heterocycles. The van der Waals surface area contributed by atoms with Crippen molar-refractivity contribution in [1.29, 1.82) is 0 Å². The van der Waals surface area contributed by atoms with Crippen LogP contribution in [0.4, 0.5) is 0 Å². The number of rotatable bonds is 6. The Bertz CT molecular complexity index is 516. The molecule has 1 aromatic heterocycles. The van der Waals surface area contributed by atoms with Crippen LogP contribution < -0.4 is 0 Å². The Morgan fingerprint density at radius 2 is 2.17 bits per heavy atom. The van der Waals surface area contributed by atoms with Gasteiger partial charge in [-0.25, -0.2) is 8.42 Å². The summed E-state index contributed by atoms with van der Waals surface area (Å²) in [5, 5.41) is 8.97. The van der Waals surface area contributed by atoms with E-state index < -0.39 is 10.0 Å². The Morgan fingerprint density at radius 3 is 2.56 bits per heavy atom. The van der Waals surface area contributed by atoms with E-state index >= 15 is 0 Å². The van der Waals surface area contributed by atoms with Crippen molar-refractivity contribution in [3.05, 3.63) is 30.2 Å². The summed E-state index contributed by atoms with van der Waals surface area (Å²) in [6, 6.07) is 1.18. The van der Waals surface area contributed by atoms with Gasteiger partial charge in [-0.2, -0.15) is 4.31 Å². The molecular weight excluding hydrogens is 254 g/mol. The molecule has 0 spiro atoms. The van der Waals surface area contributed by atoms with E-state index in [9.17, 15) is 8.42 Å². The number of hydrogen-bond donors (Lipinski definition) is 1. The van der Waals surface area contributed by atoms with Crippen LogP contribution in [0, 0.1) is 6.92 Å². The van der Waals surface area contributed by atoms with Crippen molar-refractivity contribution in [2.24, 2.45) is 0 Å². The van der Waals surface area contributed by atoms with Gasteiger partial charge in [0.15, 0.2) is 0 Å². The monoisotopic (exact) mass is 273 g/mol. The maximum Gasteiger partial charge on any atom is 0.247 e. The quantitative estimate of drug-likeness (QED) is 0.800. The van der Waals surface area contributed by atoms with Crippen molar-refractivity contribution in [3.63, 3.8) is 0 Å². The molecule has 5 nitrogen and oxygen atoms in total. The first-order valence-electron chi connectivity index (χ1n) is 5.67. The van der Waals surface area contributed by atoms with E-state index in [2.05, 4.69) is 6.58 Å². The summed E-state index contributed by atoms with van der Waals surface area (Å²) in [6.45, 7) is 8.64. The zero-order chi connectivity index (χ0) is 13.9. The van der Waals surface area contributed by atoms with Crippen LogP contribution in [0.2, 0.25) is 0 Å². The summed E-state index contributed by atoms with van der Waals surface area (Å²) in [7, 11) is -3.63. The summed E-state index contributed by atoms with van der Waals surface area (Å²) in [5.41, 5.74) is 0. The number of hydrogen-bond acceptors (Lipinski definition) is 4. The first-order valence-corrected chi connectivity index (χ1v) is 7.11. The topological polar surface area (TPSA) is 70.8 Å². The van der Waals surface area contributed by atoms with Gasteiger partial charge in [-0.05, 0) is 20.8 Å². The molecule has 0 saturated carbocycles. The Hall–Kier alpha value is -1.11. The van der Waals surface area contributed by atoms with Crippen molar-refractivity contribution < 1.29 is 17.9 Å². The number of aliphatic hydroxyl groups excluding tert-OH is 1. The minimum absolute atomic E-state index is 0.0992. The fraction of sp³-hybridized carbons (Fsp3) is 0.500. The molecule has 0 radical (unpaired) electrons. The van der Waals surface area contributed by atoms with E-state index in [0.29, 0.717) is 0 Å². The molecule has 1 N–H and O–H groups in total. The first-order chi connectivity index (χ1) is 8.34. The van der Waals surface area contributed by atoms with Crippen molar-refractivity contribution in [2.45, 2.75) is 38.3 Å². The maximum atomic E-state index is 12.5. The number of aliphatic hydroxyl groups is 1. The molecule has 1 aromatic rings. The van der Waals surface area contributed by atoms with Gasteiger partial charge in [-0.1, -0.05) is 6.08 Å². The molecule has 0 atom stereocenters. The van der Waals surface area contributed by atoms with Gasteiger partial charge in [0.2, 0.25) is 10.0 Å². The molecule has 0 amide bonds. The zero-order valence-corrected chi connectivity index (χ0v) is 11.7. The van der Waals surface area contributed by atoms with E-state index in [0.717, 1.165) is 0 Å². The van der Waals surface area contributed by atoms with Gasteiger partial charge in [0.05, 0.1) is 0 Å². The minimum Gasteiger partial charge on any atom is -0.462 e. The SMILES string of the molecule is C=CCN(C(C)C)S(=O)(=O)c1cc(CO)oc1C. The second-order valence-electron chi connectivity index (χ2n) is 4.25. The number of aryl methyl sites for hydroxylation is 1. The summed E-state index contributed by atoms with van der Waals surface area (Å²) in [5.74, 6) is 0.530. The third kappa shape index (κ3) is 2.82. The highest BCUT2D eigenvalue weighted by Gasteiger charge is 2.29. The third-order valence-corrected chi connectivity index (χ3v) is 4.70. The van der Waals surface area contributed by atoms with Gasteiger partial charge in [-0.3, -0.25) is 0 Å². The van der Waals surface area contributed by atoms with Crippen LogP contribution in [0.1, 0.15) is 25.4 Å². The average Bonchev–Trinajstić information content (AvgIpc) is 2.67. The van der Waals surface area contributed by atoms with Gasteiger partial charge in [-0.15, -0.1) is 6.58 Å². The van der Waals surface area contributed by atoms with E-state index in [1.54, 1.807) is 26.8 Å². The average molecular weight is 273 g/mol. The molecule has 6 heteroatoms. The van der Waals surface area contributed by atoms with Crippen LogP contribution in [0.25, 0.3) is 0 Å². The summed E-state index contributed by atoms with van der Waals surface area (Å²) < 4.78 is 31.4. The van der Waals surface area contributed by atoms with E-state index in [-0.39, 0.29) is 35.6 Å². The molecule has 0 bridgehead atoms. The highest BCUT2D eigenvalue weighted by Crippen LogP contribution is 2.25. The Balaban J connectivity index is 3.25. The standard InChI is InChI=1S/C12H19NO4S/c1-5-6-13(9(2)3)18(15,16)12-7-11(8-14)17-10(12)4/h5,7,9,14H,1,6,8H2,2-4H3. The van der Waals surface area contributed by atoms with E-state index in [1.165, 1.54) is 10.4 Å². The second-order valence-corrected chi connectivity index (χ2v) is 6.11. The number of nitrogens with zero attached hydrogens (tertiary/aromatic N) is 1. The first kappa shape index (κ1) is 14.9. The van der Waals surface area contributed by atoms with Crippen LogP contribution in [-0.4, -0.2) is 30.4 Å². The summed E-state index contributed by atoms with van der Waals surface area (Å²) in [4.78, 5) is 0.0992. The predicted molar refractivity (Wildman–Crippen MR) is 68.6 cm³/mol. The van der Waals surface area contributed by atoms with E-state index in [1.807, 2.05) is 0 Å². The Labute approximate surface area is 108 Å². The van der Waals surface area contributed by atoms with Crippen molar-refractivity contribution in [2.75, 3.05) is 6.54 Å². The molecule has 0 aliphatic carbocycles. The fourth-order valence-electron chi connectivity index (χ4n) is 1.70. The molecule has 102 valence electrons. The maximum absolute atomic E-state index is 12.5. The predicted octanol–water partition coefficient (Wildman–Crippen LogP) is 1.67. The molecule has 18 heavy (non-hydrogen) atoms. The smallest absolute Gasteiger partial charge is 0.247 e. The number of sulfonamides is 1. The molecule has 1 heterocycles. The lowest BCUT2D eigenvalue weighted by molar-refractivity contribution is 0.244. The Morgan fingerprint density at radius 1 is 1.56 bits per heavy atom. The number of furan rings is 1. The van der Waals surface area contributed by atoms with Crippen LogP contribution in [-0.2, 0) is 16.6 Å². The lowest BCUT2D eigenvalue weighted by Crippen LogP contribution is -2.37. The second kappa shape index (κ2) is 5.69. The van der Waals surface area contributed by atoms with Gasteiger partial charge in [0.25, 0.3) is 0 Å². The van der Waals surface area contributed by atoms with Gasteiger partial charge < -0.3 is 9.52 Å². The molecular formula is C12H19NO4S. The summed E-state index contributed by atoms with van der Waals surface area (Å²) >= 11 is 0. The third-order valence-electron chi connectivity index (χ3n) is 2.55. The lowest BCUT2D eigenvalue weighted by Gasteiger charge is -2.24. The highest BCUT2D eigenvalue weighted by molar-refractivity contribution is 7.89. The van der Waals surface area contributed by atoms with Crippen LogP contribution in [0.5, 0.6) is 0 Å². The molecule has 0 aliphatic heterocycles. The largest absolute Gasteiger partial charge is 0.462 e. The fourth-order valence-corrected chi connectivity index (χ4v) is 3.49. The highest BCUT2D eigenvalue weighted by atomic mass is 32.2. The molecule has 0 aromatic carbocycles. The molecule has 0 fully saturated rings.